The molecule has 3 heteroatoms. The Hall–Kier alpha value is -0.120. The van der Waals surface area contributed by atoms with Crippen molar-refractivity contribution in [3.63, 3.8) is 0 Å². The van der Waals surface area contributed by atoms with Crippen LogP contribution in [0.1, 0.15) is 52.9 Å². The van der Waals surface area contributed by atoms with Gasteiger partial charge in [0.15, 0.2) is 0 Å². The van der Waals surface area contributed by atoms with Crippen LogP contribution in [-0.2, 0) is 4.74 Å². The molecule has 2 saturated heterocycles. The summed E-state index contributed by atoms with van der Waals surface area (Å²) in [6.07, 6.45) is 6.59. The predicted octanol–water partition coefficient (Wildman–Crippen LogP) is 2.39. The summed E-state index contributed by atoms with van der Waals surface area (Å²) in [6, 6.07) is 0.682. The smallest absolute Gasteiger partial charge is 0.0565 e. The zero-order valence-corrected chi connectivity index (χ0v) is 12.3. The van der Waals surface area contributed by atoms with Crippen molar-refractivity contribution < 1.29 is 4.74 Å². The van der Waals surface area contributed by atoms with Crippen LogP contribution in [0, 0.1) is 5.92 Å². The first kappa shape index (κ1) is 14.3. The minimum Gasteiger partial charge on any atom is -0.378 e. The van der Waals surface area contributed by atoms with E-state index >= 15 is 0 Å². The molecule has 2 rings (SSSR count). The van der Waals surface area contributed by atoms with E-state index < -0.39 is 0 Å². The third-order valence-corrected chi connectivity index (χ3v) is 5.18. The molecule has 2 heterocycles. The largest absolute Gasteiger partial charge is 0.378 e. The van der Waals surface area contributed by atoms with Crippen LogP contribution in [0.25, 0.3) is 0 Å². The molecule has 4 atom stereocenters. The Morgan fingerprint density at radius 2 is 2.11 bits per heavy atom. The Bertz CT molecular complexity index is 271. The molecule has 3 nitrogen and oxygen atoms in total. The molecule has 0 aromatic rings. The first-order valence-electron chi connectivity index (χ1n) is 7.69. The molecule has 18 heavy (non-hydrogen) atoms. The number of nitrogens with two attached hydrogens (primary N) is 1. The van der Waals surface area contributed by atoms with Gasteiger partial charge < -0.3 is 10.5 Å². The van der Waals surface area contributed by atoms with E-state index in [1.165, 1.54) is 25.8 Å². The summed E-state index contributed by atoms with van der Waals surface area (Å²) in [5, 5.41) is 0. The van der Waals surface area contributed by atoms with E-state index in [2.05, 4.69) is 25.7 Å². The van der Waals surface area contributed by atoms with Crippen molar-refractivity contribution in [2.45, 2.75) is 70.6 Å². The molecule has 106 valence electrons. The second kappa shape index (κ2) is 5.89. The topological polar surface area (TPSA) is 38.5 Å². The van der Waals surface area contributed by atoms with Gasteiger partial charge in [0.05, 0.1) is 6.10 Å². The van der Waals surface area contributed by atoms with Crippen LogP contribution in [0.15, 0.2) is 0 Å². The van der Waals surface area contributed by atoms with Gasteiger partial charge in [0, 0.05) is 31.3 Å². The Balaban J connectivity index is 2.13. The van der Waals surface area contributed by atoms with Crippen LogP contribution >= 0.6 is 0 Å². The zero-order valence-electron chi connectivity index (χ0n) is 12.3. The third-order valence-electron chi connectivity index (χ3n) is 5.18. The maximum atomic E-state index is 6.18. The van der Waals surface area contributed by atoms with Crippen LogP contribution in [-0.4, -0.2) is 42.3 Å². The van der Waals surface area contributed by atoms with Crippen molar-refractivity contribution >= 4 is 0 Å². The molecule has 0 aromatic heterocycles. The average Bonchev–Trinajstić information content (AvgIpc) is 2.39. The van der Waals surface area contributed by atoms with Crippen molar-refractivity contribution in [2.24, 2.45) is 11.7 Å². The quantitative estimate of drug-likeness (QED) is 0.840. The number of nitrogens with zero attached hydrogens (tertiary/aromatic N) is 1. The monoisotopic (exact) mass is 254 g/mol. The summed E-state index contributed by atoms with van der Waals surface area (Å²) in [5.41, 5.74) is 6.38. The number of ether oxygens (including phenoxy) is 1. The van der Waals surface area contributed by atoms with E-state index in [0.717, 1.165) is 31.9 Å². The molecule has 2 fully saturated rings. The highest BCUT2D eigenvalue weighted by Gasteiger charge is 2.43. The summed E-state index contributed by atoms with van der Waals surface area (Å²) >= 11 is 0. The molecule has 0 amide bonds. The fraction of sp³-hybridized carbons (Fsp3) is 1.00. The molecule has 0 saturated carbocycles. The molecular formula is C15H30N2O. The van der Waals surface area contributed by atoms with Gasteiger partial charge in [-0.25, -0.2) is 0 Å². The number of likely N-dealkylation sites (tertiary alicyclic amines) is 1. The number of piperidine rings is 1. The molecule has 4 unspecified atom stereocenters. The van der Waals surface area contributed by atoms with Gasteiger partial charge in [-0.3, -0.25) is 4.90 Å². The highest BCUT2D eigenvalue weighted by Crippen LogP contribution is 2.37. The van der Waals surface area contributed by atoms with Gasteiger partial charge in [0.25, 0.3) is 0 Å². The van der Waals surface area contributed by atoms with Gasteiger partial charge in [-0.1, -0.05) is 13.3 Å². The maximum absolute atomic E-state index is 6.18. The van der Waals surface area contributed by atoms with Gasteiger partial charge >= 0.3 is 0 Å². The van der Waals surface area contributed by atoms with Crippen LogP contribution < -0.4 is 5.73 Å². The number of rotatable bonds is 3. The number of hydrogen-bond donors (Lipinski definition) is 1. The van der Waals surface area contributed by atoms with E-state index in [0.29, 0.717) is 12.1 Å². The predicted molar refractivity (Wildman–Crippen MR) is 75.6 cm³/mol. The highest BCUT2D eigenvalue weighted by molar-refractivity contribution is 4.99. The van der Waals surface area contributed by atoms with E-state index in [9.17, 15) is 0 Å². The maximum Gasteiger partial charge on any atom is 0.0565 e. The summed E-state index contributed by atoms with van der Waals surface area (Å²) in [5.74, 6) is 0.864. The fourth-order valence-corrected chi connectivity index (χ4v) is 3.89. The molecule has 2 N–H and O–H groups in total. The van der Waals surface area contributed by atoms with E-state index in [-0.39, 0.29) is 5.54 Å². The van der Waals surface area contributed by atoms with Gasteiger partial charge in [-0.05, 0) is 45.4 Å². The minimum absolute atomic E-state index is 0.199. The first-order valence-corrected chi connectivity index (χ1v) is 7.69. The number of hydrogen-bond acceptors (Lipinski definition) is 3. The molecule has 0 aromatic carbocycles. The Labute approximate surface area is 112 Å². The molecular weight excluding hydrogens is 224 g/mol. The van der Waals surface area contributed by atoms with Crippen molar-refractivity contribution in [2.75, 3.05) is 19.7 Å². The second-order valence-corrected chi connectivity index (χ2v) is 6.42. The highest BCUT2D eigenvalue weighted by atomic mass is 16.5. The molecule has 0 radical (unpaired) electrons. The molecule has 0 spiro atoms. The van der Waals surface area contributed by atoms with Crippen LogP contribution in [0.4, 0.5) is 0 Å². The lowest BCUT2D eigenvalue weighted by Gasteiger charge is -2.53. The second-order valence-electron chi connectivity index (χ2n) is 6.42. The van der Waals surface area contributed by atoms with Crippen molar-refractivity contribution in [3.05, 3.63) is 0 Å². The summed E-state index contributed by atoms with van der Waals surface area (Å²) in [7, 11) is 0. The lowest BCUT2D eigenvalue weighted by Crippen LogP contribution is -2.63. The summed E-state index contributed by atoms with van der Waals surface area (Å²) in [4.78, 5) is 2.73. The van der Waals surface area contributed by atoms with Gasteiger partial charge in [0.2, 0.25) is 0 Å². The zero-order chi connectivity index (χ0) is 13.2. The Kier molecular flexibility index (Phi) is 4.68. The minimum atomic E-state index is 0.199. The van der Waals surface area contributed by atoms with Crippen molar-refractivity contribution in [1.82, 2.24) is 4.90 Å². The van der Waals surface area contributed by atoms with E-state index in [1.807, 2.05) is 0 Å². The Morgan fingerprint density at radius 3 is 2.72 bits per heavy atom. The third kappa shape index (κ3) is 2.73. The van der Waals surface area contributed by atoms with E-state index in [4.69, 9.17) is 10.5 Å². The van der Waals surface area contributed by atoms with Crippen LogP contribution in [0.5, 0.6) is 0 Å². The van der Waals surface area contributed by atoms with Gasteiger partial charge in [-0.2, -0.15) is 0 Å². The van der Waals surface area contributed by atoms with Gasteiger partial charge in [0.1, 0.15) is 0 Å². The summed E-state index contributed by atoms with van der Waals surface area (Å²) < 4.78 is 5.73. The van der Waals surface area contributed by atoms with Crippen molar-refractivity contribution in [1.29, 1.82) is 0 Å². The molecule has 0 aliphatic carbocycles. The Morgan fingerprint density at radius 1 is 1.33 bits per heavy atom. The lowest BCUT2D eigenvalue weighted by molar-refractivity contribution is -0.0902. The fourth-order valence-electron chi connectivity index (χ4n) is 3.89. The summed E-state index contributed by atoms with van der Waals surface area (Å²) in [6.45, 7) is 9.78. The average molecular weight is 254 g/mol. The van der Waals surface area contributed by atoms with Crippen LogP contribution in [0.3, 0.4) is 0 Å². The van der Waals surface area contributed by atoms with E-state index in [1.54, 1.807) is 0 Å². The van der Waals surface area contributed by atoms with Crippen LogP contribution in [0.2, 0.25) is 0 Å². The standard InChI is InChI=1S/C15H30N2O/c1-4-14-6-5-12(2)17(10-14)15(11-16)7-8-18-13(3)9-15/h12-14H,4-11,16H2,1-3H3. The SMILES string of the molecule is CCC1CCC(C)N(C2(CN)CCOC(C)C2)C1. The van der Waals surface area contributed by atoms with Crippen molar-refractivity contribution in [3.8, 4) is 0 Å². The first-order chi connectivity index (χ1) is 8.61. The molecule has 0 bridgehead atoms. The lowest BCUT2D eigenvalue weighted by atomic mass is 9.80. The van der Waals surface area contributed by atoms with Gasteiger partial charge in [-0.15, -0.1) is 0 Å². The molecule has 2 aliphatic heterocycles. The normalized spacial score (nSPS) is 43.0. The molecule has 2 aliphatic rings.